The minimum absolute atomic E-state index is 0.00816. The summed E-state index contributed by atoms with van der Waals surface area (Å²) >= 11 is 0. The largest absolute Gasteiger partial charge is 0.357 e. The molecule has 0 spiro atoms. The van der Waals surface area contributed by atoms with Crippen molar-refractivity contribution in [3.05, 3.63) is 111 Å². The minimum atomic E-state index is -0.566. The third-order valence-electron chi connectivity index (χ3n) is 6.50. The third kappa shape index (κ3) is 3.75. The molecule has 0 saturated heterocycles. The number of nitro groups is 1. The lowest BCUT2D eigenvalue weighted by Gasteiger charge is -2.34. The number of nitrogens with one attached hydrogen (secondary N) is 1. The van der Waals surface area contributed by atoms with Gasteiger partial charge in [0.1, 0.15) is 0 Å². The Bertz CT molecular complexity index is 1330. The molecule has 3 aromatic carbocycles. The Morgan fingerprint density at radius 1 is 0.971 bits per heavy atom. The molecule has 0 unspecified atom stereocenters. The lowest BCUT2D eigenvalue weighted by molar-refractivity contribution is -0.384. The average molecular weight is 453 g/mol. The van der Waals surface area contributed by atoms with Gasteiger partial charge in [0.15, 0.2) is 5.78 Å². The molecule has 2 atom stereocenters. The van der Waals surface area contributed by atoms with Crippen LogP contribution in [-0.4, -0.2) is 16.6 Å². The predicted octanol–water partition coefficient (Wildman–Crippen LogP) is 5.52. The van der Waals surface area contributed by atoms with Crippen LogP contribution >= 0.6 is 0 Å². The second-order valence-corrected chi connectivity index (χ2v) is 8.62. The third-order valence-corrected chi connectivity index (χ3v) is 6.50. The number of amides is 1. The number of non-ortho nitro benzene ring substituents is 1. The van der Waals surface area contributed by atoms with Gasteiger partial charge in [-0.25, -0.2) is 0 Å². The van der Waals surface area contributed by atoms with E-state index in [4.69, 9.17) is 0 Å². The fraction of sp³-hybridized carbons (Fsp3) is 0.185. The number of Topliss-reactive ketones (excluding diaryl/α,β-unsaturated/α-hetero) is 1. The van der Waals surface area contributed by atoms with Gasteiger partial charge in [-0.3, -0.25) is 24.6 Å². The monoisotopic (exact) mass is 453 g/mol. The topological polar surface area (TPSA) is 92.6 Å². The van der Waals surface area contributed by atoms with Crippen molar-refractivity contribution < 1.29 is 14.5 Å². The first-order valence-corrected chi connectivity index (χ1v) is 11.2. The van der Waals surface area contributed by atoms with E-state index in [1.807, 2.05) is 60.7 Å². The number of hydrogen-bond donors (Lipinski definition) is 1. The molecular weight excluding hydrogens is 430 g/mol. The van der Waals surface area contributed by atoms with Gasteiger partial charge in [0, 0.05) is 36.7 Å². The molecule has 0 bridgehead atoms. The predicted molar refractivity (Wildman–Crippen MR) is 130 cm³/mol. The Kier molecular flexibility index (Phi) is 5.45. The van der Waals surface area contributed by atoms with E-state index in [1.54, 1.807) is 17.0 Å². The van der Waals surface area contributed by atoms with E-state index in [-0.39, 0.29) is 29.7 Å². The summed E-state index contributed by atoms with van der Waals surface area (Å²) in [5, 5.41) is 14.7. The highest BCUT2D eigenvalue weighted by molar-refractivity contribution is 6.06. The second-order valence-electron chi connectivity index (χ2n) is 8.62. The van der Waals surface area contributed by atoms with Crippen LogP contribution in [0.15, 0.2) is 90.1 Å². The number of carbonyl (C=O) groups excluding carboxylic acids is 2. The fourth-order valence-electron chi connectivity index (χ4n) is 5.02. The Labute approximate surface area is 196 Å². The number of benzene rings is 3. The van der Waals surface area contributed by atoms with Crippen LogP contribution in [0.4, 0.5) is 17.1 Å². The summed E-state index contributed by atoms with van der Waals surface area (Å²) < 4.78 is 0. The number of anilines is 2. The molecule has 7 nitrogen and oxygen atoms in total. The maximum absolute atomic E-state index is 13.7. The van der Waals surface area contributed by atoms with E-state index in [2.05, 4.69) is 5.32 Å². The molecule has 5 rings (SSSR count). The highest BCUT2D eigenvalue weighted by Gasteiger charge is 2.40. The summed E-state index contributed by atoms with van der Waals surface area (Å²) in [5.41, 5.74) is 4.39. The van der Waals surface area contributed by atoms with E-state index < -0.39 is 11.0 Å². The molecule has 0 fully saturated rings. The molecule has 1 amide bonds. The Hall–Kier alpha value is -4.26. The highest BCUT2D eigenvalue weighted by atomic mass is 16.6. The number of hydrogen-bond acceptors (Lipinski definition) is 5. The molecule has 0 saturated carbocycles. The van der Waals surface area contributed by atoms with E-state index in [0.717, 1.165) is 22.5 Å². The lowest BCUT2D eigenvalue weighted by atomic mass is 9.78. The smallest absolute Gasteiger partial charge is 0.269 e. The fourth-order valence-corrected chi connectivity index (χ4v) is 5.02. The zero-order valence-corrected chi connectivity index (χ0v) is 18.6. The van der Waals surface area contributed by atoms with Gasteiger partial charge in [-0.05, 0) is 35.6 Å². The van der Waals surface area contributed by atoms with Crippen molar-refractivity contribution in [2.24, 2.45) is 0 Å². The minimum Gasteiger partial charge on any atom is -0.357 e. The molecule has 1 N–H and O–H groups in total. The van der Waals surface area contributed by atoms with Gasteiger partial charge in [-0.15, -0.1) is 0 Å². The van der Waals surface area contributed by atoms with E-state index in [1.165, 1.54) is 13.0 Å². The zero-order valence-electron chi connectivity index (χ0n) is 18.6. The van der Waals surface area contributed by atoms with Gasteiger partial charge >= 0.3 is 0 Å². The number of nitrogens with zero attached hydrogens (tertiary/aromatic N) is 2. The lowest BCUT2D eigenvalue weighted by Crippen LogP contribution is -2.37. The highest BCUT2D eigenvalue weighted by Crippen LogP contribution is 2.47. The first-order valence-electron chi connectivity index (χ1n) is 11.2. The summed E-state index contributed by atoms with van der Waals surface area (Å²) in [5.74, 6) is -0.435. The first-order chi connectivity index (χ1) is 16.4. The number of rotatable bonds is 3. The number of para-hydroxylation sites is 2. The Morgan fingerprint density at radius 3 is 2.41 bits per heavy atom. The van der Waals surface area contributed by atoms with Crippen LogP contribution in [0.3, 0.4) is 0 Å². The zero-order chi connectivity index (χ0) is 23.8. The molecule has 1 aliphatic heterocycles. The van der Waals surface area contributed by atoms with Crippen molar-refractivity contribution in [3.63, 3.8) is 0 Å². The molecule has 0 radical (unpaired) electrons. The van der Waals surface area contributed by atoms with Crippen LogP contribution in [0.25, 0.3) is 0 Å². The molecular formula is C27H23N3O4. The molecule has 2 aliphatic rings. The van der Waals surface area contributed by atoms with E-state index in [0.29, 0.717) is 17.7 Å². The molecule has 3 aromatic rings. The number of fused-ring (bicyclic) bond motifs is 1. The number of carbonyl (C=O) groups is 2. The van der Waals surface area contributed by atoms with Gasteiger partial charge in [0.05, 0.1) is 22.3 Å². The van der Waals surface area contributed by atoms with E-state index >= 15 is 0 Å². The summed E-state index contributed by atoms with van der Waals surface area (Å²) in [6, 6.07) is 23.0. The maximum Gasteiger partial charge on any atom is 0.269 e. The molecule has 1 heterocycles. The Morgan fingerprint density at radius 2 is 1.68 bits per heavy atom. The quantitative estimate of drug-likeness (QED) is 0.417. The van der Waals surface area contributed by atoms with Gasteiger partial charge < -0.3 is 5.32 Å². The number of ketones is 1. The van der Waals surface area contributed by atoms with Gasteiger partial charge in [0.2, 0.25) is 5.91 Å². The van der Waals surface area contributed by atoms with Gasteiger partial charge in [0.25, 0.3) is 5.69 Å². The van der Waals surface area contributed by atoms with Crippen LogP contribution in [-0.2, 0) is 9.59 Å². The number of nitro benzene ring substituents is 1. The van der Waals surface area contributed by atoms with Crippen LogP contribution in [0, 0.1) is 10.1 Å². The van der Waals surface area contributed by atoms with Crippen LogP contribution < -0.4 is 10.2 Å². The summed E-state index contributed by atoms with van der Waals surface area (Å²) in [6.07, 6.45) is 0.721. The summed E-state index contributed by atoms with van der Waals surface area (Å²) in [6.45, 7) is 1.51. The van der Waals surface area contributed by atoms with Gasteiger partial charge in [-0.2, -0.15) is 0 Å². The van der Waals surface area contributed by atoms with Crippen molar-refractivity contribution in [2.45, 2.75) is 31.7 Å². The average Bonchev–Trinajstić information content (AvgIpc) is 2.99. The van der Waals surface area contributed by atoms with Crippen LogP contribution in [0.1, 0.15) is 42.9 Å². The summed E-state index contributed by atoms with van der Waals surface area (Å²) in [4.78, 5) is 39.2. The van der Waals surface area contributed by atoms with Crippen molar-refractivity contribution >= 4 is 28.8 Å². The van der Waals surface area contributed by atoms with Crippen LogP contribution in [0.2, 0.25) is 0 Å². The van der Waals surface area contributed by atoms with Crippen molar-refractivity contribution in [3.8, 4) is 0 Å². The van der Waals surface area contributed by atoms with Crippen molar-refractivity contribution in [1.82, 2.24) is 0 Å². The van der Waals surface area contributed by atoms with Crippen LogP contribution in [0.5, 0.6) is 0 Å². The SMILES string of the molecule is CC(=O)N1c2ccccc2NC2=C(C(=O)C[C@@H](c3cccc([N+](=O)[O-])c3)C2)[C@H]1c1ccccc1. The molecule has 170 valence electrons. The maximum atomic E-state index is 13.7. The van der Waals surface area contributed by atoms with Gasteiger partial charge in [-0.1, -0.05) is 54.6 Å². The molecule has 7 heteroatoms. The normalized spacial score (nSPS) is 19.6. The van der Waals surface area contributed by atoms with Crippen molar-refractivity contribution in [2.75, 3.05) is 10.2 Å². The molecule has 34 heavy (non-hydrogen) atoms. The molecule has 1 aliphatic carbocycles. The van der Waals surface area contributed by atoms with Crippen molar-refractivity contribution in [1.29, 1.82) is 0 Å². The first kappa shape index (κ1) is 21.6. The Balaban J connectivity index is 1.67. The molecule has 0 aromatic heterocycles. The standard InChI is InChI=1S/C27H23N3O4/c1-17(31)29-24-13-6-5-12-22(24)28-23-15-20(19-10-7-11-21(14-19)30(33)34)16-25(32)26(23)27(29)18-8-3-2-4-9-18/h2-14,20,27-28H,15-16H2,1H3/t20-,27+/m0/s1. The second kappa shape index (κ2) is 8.59. The van der Waals surface area contributed by atoms with E-state index in [9.17, 15) is 19.7 Å². The number of allylic oxidation sites excluding steroid dienone is 1. The summed E-state index contributed by atoms with van der Waals surface area (Å²) in [7, 11) is 0.